The van der Waals surface area contributed by atoms with Crippen LogP contribution in [0.15, 0.2) is 34.9 Å². The number of amides is 1. The lowest BCUT2D eigenvalue weighted by molar-refractivity contribution is 0.0538. The lowest BCUT2D eigenvalue weighted by Gasteiger charge is -1.98. The molecule has 0 aliphatic heterocycles. The van der Waals surface area contributed by atoms with E-state index in [1.807, 2.05) is 18.2 Å². The Morgan fingerprint density at radius 1 is 1.43 bits per heavy atom. The number of furan rings is 1. The standard InChI is InChI=1S/C10H9NO3/c1-13-11-10(12)8-6-14-9-5-3-2-4-7(8)9/h2-6H,1H3,(H,11,12). The maximum atomic E-state index is 11.4. The number of benzene rings is 1. The molecule has 0 aliphatic rings. The van der Waals surface area contributed by atoms with Crippen LogP contribution in [0.5, 0.6) is 0 Å². The second-order valence-corrected chi connectivity index (χ2v) is 2.78. The highest BCUT2D eigenvalue weighted by Crippen LogP contribution is 2.20. The first kappa shape index (κ1) is 8.77. The van der Waals surface area contributed by atoms with Crippen molar-refractivity contribution in [3.63, 3.8) is 0 Å². The molecule has 1 aromatic heterocycles. The number of rotatable bonds is 2. The van der Waals surface area contributed by atoms with Gasteiger partial charge in [0.1, 0.15) is 11.8 Å². The highest BCUT2D eigenvalue weighted by atomic mass is 16.6. The maximum Gasteiger partial charge on any atom is 0.278 e. The van der Waals surface area contributed by atoms with Gasteiger partial charge in [0.15, 0.2) is 0 Å². The van der Waals surface area contributed by atoms with Crippen molar-refractivity contribution in [2.45, 2.75) is 0 Å². The maximum absolute atomic E-state index is 11.4. The van der Waals surface area contributed by atoms with Gasteiger partial charge in [-0.25, -0.2) is 5.48 Å². The van der Waals surface area contributed by atoms with Crippen LogP contribution < -0.4 is 5.48 Å². The molecule has 0 radical (unpaired) electrons. The van der Waals surface area contributed by atoms with E-state index in [1.165, 1.54) is 13.4 Å². The van der Waals surface area contributed by atoms with Gasteiger partial charge in [-0.05, 0) is 6.07 Å². The Morgan fingerprint density at radius 2 is 2.21 bits per heavy atom. The number of hydrogen-bond acceptors (Lipinski definition) is 3. The van der Waals surface area contributed by atoms with Crippen LogP contribution in [-0.4, -0.2) is 13.0 Å². The monoisotopic (exact) mass is 191 g/mol. The van der Waals surface area contributed by atoms with E-state index in [2.05, 4.69) is 10.3 Å². The van der Waals surface area contributed by atoms with Gasteiger partial charge in [0.2, 0.25) is 0 Å². The quantitative estimate of drug-likeness (QED) is 0.735. The molecule has 0 saturated carbocycles. The van der Waals surface area contributed by atoms with Crippen molar-refractivity contribution in [1.29, 1.82) is 0 Å². The summed E-state index contributed by atoms with van der Waals surface area (Å²) >= 11 is 0. The predicted octanol–water partition coefficient (Wildman–Crippen LogP) is 1.72. The van der Waals surface area contributed by atoms with Crippen LogP contribution in [0, 0.1) is 0 Å². The zero-order valence-corrected chi connectivity index (χ0v) is 7.61. The minimum atomic E-state index is -0.308. The molecular weight excluding hydrogens is 182 g/mol. The Kier molecular flexibility index (Phi) is 2.20. The second kappa shape index (κ2) is 3.51. The van der Waals surface area contributed by atoms with Crippen LogP contribution in [0.1, 0.15) is 10.4 Å². The van der Waals surface area contributed by atoms with Crippen molar-refractivity contribution in [1.82, 2.24) is 5.48 Å². The zero-order valence-electron chi connectivity index (χ0n) is 7.61. The number of carbonyl (C=O) groups excluding carboxylic acids is 1. The number of fused-ring (bicyclic) bond motifs is 1. The van der Waals surface area contributed by atoms with Gasteiger partial charge < -0.3 is 4.42 Å². The summed E-state index contributed by atoms with van der Waals surface area (Å²) in [5.41, 5.74) is 3.40. The fourth-order valence-electron chi connectivity index (χ4n) is 1.30. The molecular formula is C10H9NO3. The summed E-state index contributed by atoms with van der Waals surface area (Å²) in [6.45, 7) is 0. The van der Waals surface area contributed by atoms with Crippen molar-refractivity contribution in [2.75, 3.05) is 7.11 Å². The zero-order chi connectivity index (χ0) is 9.97. The highest BCUT2D eigenvalue weighted by molar-refractivity contribution is 6.05. The summed E-state index contributed by atoms with van der Waals surface area (Å²) in [7, 11) is 1.39. The van der Waals surface area contributed by atoms with Crippen LogP contribution in [0.25, 0.3) is 11.0 Å². The number of para-hydroxylation sites is 1. The third-order valence-electron chi connectivity index (χ3n) is 1.92. The predicted molar refractivity (Wildman–Crippen MR) is 50.7 cm³/mol. The smallest absolute Gasteiger partial charge is 0.278 e. The van der Waals surface area contributed by atoms with E-state index in [9.17, 15) is 4.79 Å². The van der Waals surface area contributed by atoms with Crippen molar-refractivity contribution >= 4 is 16.9 Å². The molecule has 0 fully saturated rings. The fourth-order valence-corrected chi connectivity index (χ4v) is 1.30. The molecule has 1 aromatic carbocycles. The Bertz CT molecular complexity index is 461. The lowest BCUT2D eigenvalue weighted by atomic mass is 10.2. The van der Waals surface area contributed by atoms with E-state index in [0.717, 1.165) is 5.39 Å². The van der Waals surface area contributed by atoms with Crippen LogP contribution >= 0.6 is 0 Å². The van der Waals surface area contributed by atoms with E-state index in [0.29, 0.717) is 11.1 Å². The molecule has 1 heterocycles. The van der Waals surface area contributed by atoms with Gasteiger partial charge in [-0.1, -0.05) is 18.2 Å². The van der Waals surface area contributed by atoms with E-state index in [4.69, 9.17) is 4.42 Å². The van der Waals surface area contributed by atoms with E-state index >= 15 is 0 Å². The highest BCUT2D eigenvalue weighted by Gasteiger charge is 2.12. The molecule has 1 N–H and O–H groups in total. The Hall–Kier alpha value is -1.81. The van der Waals surface area contributed by atoms with Crippen LogP contribution in [-0.2, 0) is 4.84 Å². The normalized spacial score (nSPS) is 10.4. The van der Waals surface area contributed by atoms with Gasteiger partial charge in [-0.3, -0.25) is 9.63 Å². The third kappa shape index (κ3) is 1.36. The summed E-state index contributed by atoms with van der Waals surface area (Å²) in [6.07, 6.45) is 1.42. The second-order valence-electron chi connectivity index (χ2n) is 2.78. The lowest BCUT2D eigenvalue weighted by Crippen LogP contribution is -2.21. The van der Waals surface area contributed by atoms with Crippen molar-refractivity contribution < 1.29 is 14.0 Å². The Morgan fingerprint density at radius 3 is 3.00 bits per heavy atom. The molecule has 72 valence electrons. The average Bonchev–Trinajstić information content (AvgIpc) is 2.61. The first-order valence-corrected chi connectivity index (χ1v) is 4.12. The topological polar surface area (TPSA) is 51.5 Å². The molecule has 1 amide bonds. The van der Waals surface area contributed by atoms with Gasteiger partial charge in [0.05, 0.1) is 12.7 Å². The summed E-state index contributed by atoms with van der Waals surface area (Å²) in [5, 5.41) is 0.780. The molecule has 0 bridgehead atoms. The van der Waals surface area contributed by atoms with Crippen LogP contribution in [0.3, 0.4) is 0 Å². The molecule has 2 rings (SSSR count). The van der Waals surface area contributed by atoms with E-state index in [-0.39, 0.29) is 5.91 Å². The van der Waals surface area contributed by atoms with Crippen LogP contribution in [0.2, 0.25) is 0 Å². The summed E-state index contributed by atoms with van der Waals surface area (Å²) in [5.74, 6) is -0.308. The van der Waals surface area contributed by atoms with Crippen molar-refractivity contribution in [2.24, 2.45) is 0 Å². The number of hydroxylamine groups is 1. The van der Waals surface area contributed by atoms with Gasteiger partial charge in [-0.15, -0.1) is 0 Å². The van der Waals surface area contributed by atoms with Gasteiger partial charge >= 0.3 is 0 Å². The third-order valence-corrected chi connectivity index (χ3v) is 1.92. The molecule has 2 aromatic rings. The Balaban J connectivity index is 2.47. The molecule has 0 spiro atoms. The average molecular weight is 191 g/mol. The van der Waals surface area contributed by atoms with Gasteiger partial charge in [0.25, 0.3) is 5.91 Å². The molecule has 14 heavy (non-hydrogen) atoms. The van der Waals surface area contributed by atoms with E-state index < -0.39 is 0 Å². The first-order valence-electron chi connectivity index (χ1n) is 4.12. The number of hydrogen-bond donors (Lipinski definition) is 1. The number of carbonyl (C=O) groups is 1. The van der Waals surface area contributed by atoms with Gasteiger partial charge in [-0.2, -0.15) is 0 Å². The molecule has 0 aliphatic carbocycles. The Labute approximate surface area is 80.4 Å². The minimum Gasteiger partial charge on any atom is -0.463 e. The van der Waals surface area contributed by atoms with Gasteiger partial charge in [0, 0.05) is 5.39 Å². The van der Waals surface area contributed by atoms with E-state index in [1.54, 1.807) is 6.07 Å². The van der Waals surface area contributed by atoms with Crippen molar-refractivity contribution in [3.05, 3.63) is 36.1 Å². The van der Waals surface area contributed by atoms with Crippen LogP contribution in [0.4, 0.5) is 0 Å². The molecule has 0 saturated heterocycles. The molecule has 0 unspecified atom stereocenters. The summed E-state index contributed by atoms with van der Waals surface area (Å²) in [6, 6.07) is 7.33. The molecule has 4 nitrogen and oxygen atoms in total. The summed E-state index contributed by atoms with van der Waals surface area (Å²) in [4.78, 5) is 16.0. The minimum absolute atomic E-state index is 0.308. The first-order chi connectivity index (χ1) is 6.83. The molecule has 0 atom stereocenters. The number of nitrogens with one attached hydrogen (secondary N) is 1. The largest absolute Gasteiger partial charge is 0.463 e. The van der Waals surface area contributed by atoms with Crippen molar-refractivity contribution in [3.8, 4) is 0 Å². The summed E-state index contributed by atoms with van der Waals surface area (Å²) < 4.78 is 5.20. The SMILES string of the molecule is CONC(=O)c1coc2ccccc12. The fraction of sp³-hybridized carbons (Fsp3) is 0.100. The molecule has 4 heteroatoms.